The molecule has 0 aliphatic carbocycles. The third-order valence-corrected chi connectivity index (χ3v) is 4.00. The maximum Gasteiger partial charge on any atom is 0.251 e. The van der Waals surface area contributed by atoms with Gasteiger partial charge in [-0.15, -0.1) is 0 Å². The highest BCUT2D eigenvalue weighted by molar-refractivity contribution is 5.76. The monoisotopic (exact) mass is 331 g/mol. The molecule has 1 N–H and O–H groups in total. The molecule has 0 bridgehead atoms. The number of aromatic nitrogens is 4. The van der Waals surface area contributed by atoms with Crippen molar-refractivity contribution in [1.29, 1.82) is 0 Å². The predicted molar refractivity (Wildman–Crippen MR) is 86.3 cm³/mol. The van der Waals surface area contributed by atoms with E-state index in [1.165, 1.54) is 6.07 Å². The lowest BCUT2D eigenvalue weighted by atomic mass is 10.1. The second-order valence-corrected chi connectivity index (χ2v) is 5.86. The molecule has 2 aromatic rings. The van der Waals surface area contributed by atoms with Gasteiger partial charge in [-0.2, -0.15) is 0 Å². The molecule has 1 fully saturated rings. The summed E-state index contributed by atoms with van der Waals surface area (Å²) in [6, 6.07) is 1.44. The second-order valence-electron chi connectivity index (χ2n) is 5.86. The van der Waals surface area contributed by atoms with E-state index < -0.39 is 0 Å². The molecule has 8 nitrogen and oxygen atoms in total. The van der Waals surface area contributed by atoms with Gasteiger partial charge in [-0.1, -0.05) is 0 Å². The van der Waals surface area contributed by atoms with Gasteiger partial charge in [0.2, 0.25) is 5.91 Å². The lowest BCUT2D eigenvalue weighted by molar-refractivity contribution is -0.139. The van der Waals surface area contributed by atoms with Crippen molar-refractivity contribution in [1.82, 2.24) is 24.4 Å². The van der Waals surface area contributed by atoms with E-state index in [0.29, 0.717) is 37.6 Å². The minimum atomic E-state index is -0.350. The molecule has 3 heterocycles. The fourth-order valence-electron chi connectivity index (χ4n) is 2.81. The first-order valence-electron chi connectivity index (χ1n) is 8.05. The van der Waals surface area contributed by atoms with Crippen molar-refractivity contribution < 1.29 is 9.53 Å². The Morgan fingerprint density at radius 1 is 1.50 bits per heavy atom. The zero-order chi connectivity index (χ0) is 16.9. The highest BCUT2D eigenvalue weighted by Gasteiger charge is 2.26. The van der Waals surface area contributed by atoms with Gasteiger partial charge in [0.15, 0.2) is 0 Å². The number of rotatable bonds is 5. The highest BCUT2D eigenvalue weighted by Crippen LogP contribution is 2.20. The number of hydrogen-bond acceptors (Lipinski definition) is 5. The van der Waals surface area contributed by atoms with Crippen molar-refractivity contribution in [2.45, 2.75) is 32.4 Å². The van der Waals surface area contributed by atoms with Crippen molar-refractivity contribution in [3.63, 3.8) is 0 Å². The molecule has 1 saturated heterocycles. The Labute approximate surface area is 139 Å². The minimum Gasteiger partial charge on any atom is -0.368 e. The van der Waals surface area contributed by atoms with Gasteiger partial charge in [0, 0.05) is 38.0 Å². The number of carbonyl (C=O) groups excluding carboxylic acids is 1. The van der Waals surface area contributed by atoms with Gasteiger partial charge in [0.05, 0.1) is 25.2 Å². The summed E-state index contributed by atoms with van der Waals surface area (Å²) in [6.45, 7) is 3.95. The molecule has 0 aromatic carbocycles. The molecule has 0 saturated carbocycles. The lowest BCUT2D eigenvalue weighted by Crippen LogP contribution is -2.42. The molecule has 1 aliphatic rings. The number of nitrogens with zero attached hydrogens (tertiary/aromatic N) is 4. The number of carbonyl (C=O) groups is 1. The number of ether oxygens (including phenoxy) is 1. The van der Waals surface area contributed by atoms with Crippen LogP contribution in [0.5, 0.6) is 0 Å². The summed E-state index contributed by atoms with van der Waals surface area (Å²) in [7, 11) is 0. The van der Waals surface area contributed by atoms with Crippen LogP contribution in [0.15, 0.2) is 29.6 Å². The van der Waals surface area contributed by atoms with E-state index in [1.54, 1.807) is 24.3 Å². The summed E-state index contributed by atoms with van der Waals surface area (Å²) in [5.41, 5.74) is 0.372. The number of imidazole rings is 1. The van der Waals surface area contributed by atoms with Crippen LogP contribution in [0.3, 0.4) is 0 Å². The first kappa shape index (κ1) is 16.4. The van der Waals surface area contributed by atoms with Crippen LogP contribution in [0.1, 0.15) is 30.5 Å². The maximum atomic E-state index is 12.4. The van der Waals surface area contributed by atoms with Crippen molar-refractivity contribution in [2.75, 3.05) is 19.7 Å². The van der Waals surface area contributed by atoms with E-state index in [0.717, 1.165) is 13.0 Å². The third kappa shape index (κ3) is 4.08. The summed E-state index contributed by atoms with van der Waals surface area (Å²) in [6.07, 6.45) is 6.25. The third-order valence-electron chi connectivity index (χ3n) is 4.00. The van der Waals surface area contributed by atoms with Crippen molar-refractivity contribution >= 4 is 5.91 Å². The van der Waals surface area contributed by atoms with E-state index in [4.69, 9.17) is 4.74 Å². The summed E-state index contributed by atoms with van der Waals surface area (Å²) < 4.78 is 7.65. The maximum absolute atomic E-state index is 12.4. The molecule has 1 unspecified atom stereocenters. The average Bonchev–Trinajstić information content (AvgIpc) is 3.07. The number of amides is 1. The summed E-state index contributed by atoms with van der Waals surface area (Å²) in [5.74, 6) is 0.648. The van der Waals surface area contributed by atoms with Crippen LogP contribution in [-0.4, -0.2) is 50.0 Å². The number of aryl methyl sites for hydroxylation is 2. The number of aromatic amines is 1. The minimum absolute atomic E-state index is 0.102. The molecule has 3 rings (SSSR count). The summed E-state index contributed by atoms with van der Waals surface area (Å²) >= 11 is 0. The van der Waals surface area contributed by atoms with E-state index >= 15 is 0 Å². The summed E-state index contributed by atoms with van der Waals surface area (Å²) in [4.78, 5) is 36.7. The Kier molecular flexibility index (Phi) is 5.05. The van der Waals surface area contributed by atoms with E-state index in [9.17, 15) is 9.59 Å². The van der Waals surface area contributed by atoms with Gasteiger partial charge in [-0.3, -0.25) is 9.59 Å². The smallest absolute Gasteiger partial charge is 0.251 e. The van der Waals surface area contributed by atoms with Crippen LogP contribution in [0.4, 0.5) is 0 Å². The number of nitrogens with one attached hydrogen (secondary N) is 1. The van der Waals surface area contributed by atoms with Gasteiger partial charge >= 0.3 is 0 Å². The largest absolute Gasteiger partial charge is 0.368 e. The first-order chi connectivity index (χ1) is 11.6. The molecule has 1 atom stereocenters. The molecule has 0 radical (unpaired) electrons. The van der Waals surface area contributed by atoms with E-state index in [1.807, 2.05) is 10.8 Å². The second kappa shape index (κ2) is 7.39. The van der Waals surface area contributed by atoms with Crippen LogP contribution >= 0.6 is 0 Å². The van der Waals surface area contributed by atoms with Gasteiger partial charge < -0.3 is 19.2 Å². The predicted octanol–water partition coefficient (Wildman–Crippen LogP) is 0.655. The Balaban J connectivity index is 1.56. The Hall–Kier alpha value is -2.48. The van der Waals surface area contributed by atoms with E-state index in [2.05, 4.69) is 15.0 Å². The standard InChI is InChI=1S/C16H21N5O3/c1-12-18-13(9-15(22)19-12)14-10-21(7-8-24-14)16(23)3-2-5-20-6-4-17-11-20/h4,6,9,11,14H,2-3,5,7-8,10H2,1H3,(H,18,19,22). The summed E-state index contributed by atoms with van der Waals surface area (Å²) in [5, 5.41) is 0. The molecule has 128 valence electrons. The molecule has 24 heavy (non-hydrogen) atoms. The molecule has 0 spiro atoms. The Morgan fingerprint density at radius 2 is 2.38 bits per heavy atom. The van der Waals surface area contributed by atoms with Gasteiger partial charge in [0.1, 0.15) is 11.9 Å². The Morgan fingerprint density at radius 3 is 3.12 bits per heavy atom. The van der Waals surface area contributed by atoms with Crippen LogP contribution in [0.2, 0.25) is 0 Å². The zero-order valence-electron chi connectivity index (χ0n) is 13.6. The molecule has 8 heteroatoms. The van der Waals surface area contributed by atoms with Crippen molar-refractivity contribution in [2.24, 2.45) is 0 Å². The lowest BCUT2D eigenvalue weighted by Gasteiger charge is -2.32. The van der Waals surface area contributed by atoms with Gasteiger partial charge in [-0.25, -0.2) is 9.97 Å². The molecular weight excluding hydrogens is 310 g/mol. The van der Waals surface area contributed by atoms with Gasteiger partial charge in [-0.05, 0) is 13.3 Å². The SMILES string of the molecule is Cc1nc(C2CN(C(=O)CCCn3ccnc3)CCO2)cc(=O)[nH]1. The van der Waals surface area contributed by atoms with Crippen molar-refractivity contribution in [3.05, 3.63) is 46.7 Å². The molecule has 1 amide bonds. The molecule has 2 aromatic heterocycles. The number of morpholine rings is 1. The fraction of sp³-hybridized carbons (Fsp3) is 0.500. The van der Waals surface area contributed by atoms with Crippen LogP contribution in [0, 0.1) is 6.92 Å². The molecule has 1 aliphatic heterocycles. The highest BCUT2D eigenvalue weighted by atomic mass is 16.5. The average molecular weight is 331 g/mol. The first-order valence-corrected chi connectivity index (χ1v) is 8.05. The number of H-pyrrole nitrogens is 1. The molecular formula is C16H21N5O3. The van der Waals surface area contributed by atoms with Crippen LogP contribution < -0.4 is 5.56 Å². The van der Waals surface area contributed by atoms with Crippen molar-refractivity contribution in [3.8, 4) is 0 Å². The zero-order valence-corrected chi connectivity index (χ0v) is 13.6. The van der Waals surface area contributed by atoms with Gasteiger partial charge in [0.25, 0.3) is 5.56 Å². The Bertz CT molecular complexity index is 740. The normalized spacial score (nSPS) is 17.9. The van der Waals surface area contributed by atoms with Crippen LogP contribution in [0.25, 0.3) is 0 Å². The fourth-order valence-corrected chi connectivity index (χ4v) is 2.81. The number of hydrogen-bond donors (Lipinski definition) is 1. The van der Waals surface area contributed by atoms with E-state index in [-0.39, 0.29) is 17.6 Å². The topological polar surface area (TPSA) is 93.1 Å². The van der Waals surface area contributed by atoms with Crippen LogP contribution in [-0.2, 0) is 16.1 Å². The quantitative estimate of drug-likeness (QED) is 0.868.